The summed E-state index contributed by atoms with van der Waals surface area (Å²) in [6.45, 7) is 8.21. The average molecular weight is 391 g/mol. The van der Waals surface area contributed by atoms with Crippen molar-refractivity contribution < 1.29 is 14.3 Å². The Labute approximate surface area is 168 Å². The highest BCUT2D eigenvalue weighted by molar-refractivity contribution is 5.88. The third-order valence-electron chi connectivity index (χ3n) is 4.69. The first-order valence-corrected chi connectivity index (χ1v) is 10.2. The molecule has 2 N–H and O–H groups in total. The Bertz CT molecular complexity index is 630. The second-order valence-corrected chi connectivity index (χ2v) is 7.06. The number of guanidine groups is 1. The lowest BCUT2D eigenvalue weighted by Gasteiger charge is -2.26. The Hall–Kier alpha value is -2.28. The topological polar surface area (TPSA) is 75.2 Å². The fourth-order valence-electron chi connectivity index (χ4n) is 3.17. The molecule has 0 saturated carbocycles. The van der Waals surface area contributed by atoms with E-state index in [9.17, 15) is 4.79 Å². The maximum atomic E-state index is 11.2. The Morgan fingerprint density at radius 1 is 1.36 bits per heavy atom. The second kappa shape index (κ2) is 12.2. The highest BCUT2D eigenvalue weighted by Crippen LogP contribution is 2.19. The van der Waals surface area contributed by atoms with Gasteiger partial charge in [0.1, 0.15) is 12.4 Å². The van der Waals surface area contributed by atoms with Crippen molar-refractivity contribution in [3.63, 3.8) is 0 Å². The molecule has 1 aromatic carbocycles. The van der Waals surface area contributed by atoms with Gasteiger partial charge in [-0.25, -0.2) is 4.99 Å². The third-order valence-corrected chi connectivity index (χ3v) is 4.69. The molecule has 1 fully saturated rings. The van der Waals surface area contributed by atoms with Crippen LogP contribution < -0.4 is 15.4 Å². The standard InChI is InChI=1S/C21H34N4O3/c1-4-22-21(25(3)12-8-18-9-13-27-14-10-18)23-11-15-28-20-7-5-6-19(16-20)24-17(2)26/h5-7,16,18H,4,8-15H2,1-3H3,(H,22,23)(H,24,26). The number of carbonyl (C=O) groups is 1. The van der Waals surface area contributed by atoms with E-state index in [-0.39, 0.29) is 5.91 Å². The maximum Gasteiger partial charge on any atom is 0.221 e. The fourth-order valence-corrected chi connectivity index (χ4v) is 3.17. The van der Waals surface area contributed by atoms with Gasteiger partial charge in [0.15, 0.2) is 5.96 Å². The molecule has 1 amide bonds. The lowest BCUT2D eigenvalue weighted by atomic mass is 9.96. The summed E-state index contributed by atoms with van der Waals surface area (Å²) < 4.78 is 11.2. The van der Waals surface area contributed by atoms with Gasteiger partial charge in [-0.15, -0.1) is 0 Å². The van der Waals surface area contributed by atoms with Gasteiger partial charge < -0.3 is 25.0 Å². The van der Waals surface area contributed by atoms with Crippen molar-refractivity contribution in [3.8, 4) is 5.75 Å². The smallest absolute Gasteiger partial charge is 0.221 e. The van der Waals surface area contributed by atoms with Gasteiger partial charge in [-0.1, -0.05) is 6.07 Å². The number of benzene rings is 1. The number of hydrogen-bond donors (Lipinski definition) is 2. The number of carbonyl (C=O) groups excluding carboxylic acids is 1. The predicted molar refractivity (Wildman–Crippen MR) is 113 cm³/mol. The third kappa shape index (κ3) is 8.17. The molecule has 1 aliphatic rings. The average Bonchev–Trinajstić information content (AvgIpc) is 2.69. The van der Waals surface area contributed by atoms with Crippen molar-refractivity contribution >= 4 is 17.6 Å². The summed E-state index contributed by atoms with van der Waals surface area (Å²) in [5, 5.41) is 6.10. The van der Waals surface area contributed by atoms with Gasteiger partial charge in [0.05, 0.1) is 6.54 Å². The first-order valence-electron chi connectivity index (χ1n) is 10.2. The molecule has 1 saturated heterocycles. The van der Waals surface area contributed by atoms with Crippen molar-refractivity contribution in [2.75, 3.05) is 51.8 Å². The SMILES string of the molecule is CCNC(=NCCOc1cccc(NC(C)=O)c1)N(C)CCC1CCOCC1. The van der Waals surface area contributed by atoms with Crippen molar-refractivity contribution in [2.24, 2.45) is 10.9 Å². The zero-order valence-corrected chi connectivity index (χ0v) is 17.4. The zero-order valence-electron chi connectivity index (χ0n) is 17.4. The molecular weight excluding hydrogens is 356 g/mol. The highest BCUT2D eigenvalue weighted by atomic mass is 16.5. The summed E-state index contributed by atoms with van der Waals surface area (Å²) >= 11 is 0. The molecule has 7 heteroatoms. The monoisotopic (exact) mass is 390 g/mol. The van der Waals surface area contributed by atoms with Crippen LogP contribution in [-0.4, -0.2) is 63.3 Å². The molecule has 1 aromatic rings. The van der Waals surface area contributed by atoms with Gasteiger partial charge in [-0.3, -0.25) is 4.79 Å². The Kier molecular flexibility index (Phi) is 9.62. The summed E-state index contributed by atoms with van der Waals surface area (Å²) in [5.41, 5.74) is 0.731. The number of nitrogens with one attached hydrogen (secondary N) is 2. The van der Waals surface area contributed by atoms with E-state index in [1.165, 1.54) is 6.92 Å². The largest absolute Gasteiger partial charge is 0.492 e. The molecule has 0 aliphatic carbocycles. The van der Waals surface area contributed by atoms with Crippen LogP contribution in [0, 0.1) is 5.92 Å². The van der Waals surface area contributed by atoms with Crippen molar-refractivity contribution in [1.82, 2.24) is 10.2 Å². The van der Waals surface area contributed by atoms with Crippen LogP contribution in [0.15, 0.2) is 29.3 Å². The number of hydrogen-bond acceptors (Lipinski definition) is 4. The van der Waals surface area contributed by atoms with Crippen LogP contribution in [0.4, 0.5) is 5.69 Å². The van der Waals surface area contributed by atoms with E-state index >= 15 is 0 Å². The van der Waals surface area contributed by atoms with E-state index in [4.69, 9.17) is 9.47 Å². The number of anilines is 1. The van der Waals surface area contributed by atoms with Gasteiger partial charge in [-0.2, -0.15) is 0 Å². The molecule has 1 aliphatic heterocycles. The molecule has 156 valence electrons. The summed E-state index contributed by atoms with van der Waals surface area (Å²) in [7, 11) is 2.08. The number of amides is 1. The minimum absolute atomic E-state index is 0.0965. The molecule has 0 radical (unpaired) electrons. The van der Waals surface area contributed by atoms with Crippen LogP contribution in [0.1, 0.15) is 33.1 Å². The van der Waals surface area contributed by atoms with E-state index in [0.29, 0.717) is 13.2 Å². The number of ether oxygens (including phenoxy) is 2. The van der Waals surface area contributed by atoms with Gasteiger partial charge in [0.2, 0.25) is 5.91 Å². The minimum atomic E-state index is -0.0965. The summed E-state index contributed by atoms with van der Waals surface area (Å²) in [5.74, 6) is 2.28. The number of rotatable bonds is 9. The van der Waals surface area contributed by atoms with Gasteiger partial charge in [-0.05, 0) is 44.2 Å². The summed E-state index contributed by atoms with van der Waals surface area (Å²) in [6, 6.07) is 7.39. The van der Waals surface area contributed by atoms with E-state index in [1.807, 2.05) is 24.3 Å². The lowest BCUT2D eigenvalue weighted by Crippen LogP contribution is -2.40. The maximum absolute atomic E-state index is 11.2. The molecular formula is C21H34N4O3. The van der Waals surface area contributed by atoms with Crippen LogP contribution in [0.25, 0.3) is 0 Å². The number of nitrogens with zero attached hydrogens (tertiary/aromatic N) is 2. The number of aliphatic imine (C=N–C) groups is 1. The summed E-state index contributed by atoms with van der Waals surface area (Å²) in [4.78, 5) is 18.0. The second-order valence-electron chi connectivity index (χ2n) is 7.06. The minimum Gasteiger partial charge on any atom is -0.492 e. The molecule has 7 nitrogen and oxygen atoms in total. The lowest BCUT2D eigenvalue weighted by molar-refractivity contribution is -0.114. The molecule has 2 rings (SSSR count). The predicted octanol–water partition coefficient (Wildman–Crippen LogP) is 2.74. The molecule has 0 atom stereocenters. The van der Waals surface area contributed by atoms with Gasteiger partial charge in [0.25, 0.3) is 0 Å². The van der Waals surface area contributed by atoms with E-state index in [0.717, 1.165) is 68.9 Å². The van der Waals surface area contributed by atoms with E-state index in [1.54, 1.807) is 0 Å². The van der Waals surface area contributed by atoms with Crippen LogP contribution in [-0.2, 0) is 9.53 Å². The molecule has 28 heavy (non-hydrogen) atoms. The van der Waals surface area contributed by atoms with Gasteiger partial charge >= 0.3 is 0 Å². The Balaban J connectivity index is 1.78. The van der Waals surface area contributed by atoms with Crippen LogP contribution >= 0.6 is 0 Å². The zero-order chi connectivity index (χ0) is 20.2. The molecule has 0 bridgehead atoms. The normalized spacial score (nSPS) is 15.2. The summed E-state index contributed by atoms with van der Waals surface area (Å²) in [6.07, 6.45) is 3.48. The Morgan fingerprint density at radius 2 is 2.14 bits per heavy atom. The quantitative estimate of drug-likeness (QED) is 0.385. The van der Waals surface area contributed by atoms with E-state index in [2.05, 4.69) is 34.5 Å². The molecule has 0 aromatic heterocycles. The fraction of sp³-hybridized carbons (Fsp3) is 0.619. The molecule has 0 unspecified atom stereocenters. The molecule has 1 heterocycles. The van der Waals surface area contributed by atoms with Crippen molar-refractivity contribution in [2.45, 2.75) is 33.1 Å². The first kappa shape index (κ1) is 22.0. The van der Waals surface area contributed by atoms with Crippen LogP contribution in [0.2, 0.25) is 0 Å². The molecule has 0 spiro atoms. The van der Waals surface area contributed by atoms with Crippen molar-refractivity contribution in [3.05, 3.63) is 24.3 Å². The van der Waals surface area contributed by atoms with E-state index < -0.39 is 0 Å². The first-order chi connectivity index (χ1) is 13.6. The van der Waals surface area contributed by atoms with Gasteiger partial charge in [0, 0.05) is 52.0 Å². The van der Waals surface area contributed by atoms with Crippen LogP contribution in [0.5, 0.6) is 5.75 Å². The highest BCUT2D eigenvalue weighted by Gasteiger charge is 2.15. The van der Waals surface area contributed by atoms with Crippen molar-refractivity contribution in [1.29, 1.82) is 0 Å². The Morgan fingerprint density at radius 3 is 2.86 bits per heavy atom. The van der Waals surface area contributed by atoms with Crippen LogP contribution in [0.3, 0.4) is 0 Å².